The molecule has 16 heteroatoms. The molecule has 11 N–H and O–H groups in total. The number of aliphatic imine (C=N–C) groups is 1. The molecule has 3 amide bonds. The molecular formula is C22H39N9O5S2. The molecule has 0 bridgehead atoms. The summed E-state index contributed by atoms with van der Waals surface area (Å²) in [6.07, 6.45) is 7.98. The SMILES string of the molecule is CSCC[C@H](NC(=O)[C@H](CCSC)NC(=O)[C@@H](N)Cc1cnc[nH]1)C(=O)N[C@@H](CCCN=C(N)N)C(=O)O. The number of H-pyrrole nitrogens is 1. The first kappa shape index (κ1) is 33.0. The van der Waals surface area contributed by atoms with Gasteiger partial charge in [-0.25, -0.2) is 9.78 Å². The molecular weight excluding hydrogens is 534 g/mol. The summed E-state index contributed by atoms with van der Waals surface area (Å²) in [5.74, 6) is -1.91. The van der Waals surface area contributed by atoms with Crippen LogP contribution in [0.1, 0.15) is 31.4 Å². The molecule has 0 unspecified atom stereocenters. The highest BCUT2D eigenvalue weighted by molar-refractivity contribution is 7.98. The van der Waals surface area contributed by atoms with Gasteiger partial charge >= 0.3 is 5.97 Å². The van der Waals surface area contributed by atoms with Crippen LogP contribution in [0.4, 0.5) is 0 Å². The Morgan fingerprint density at radius 1 is 0.974 bits per heavy atom. The fraction of sp³-hybridized carbons (Fsp3) is 0.636. The van der Waals surface area contributed by atoms with E-state index in [1.165, 1.54) is 29.9 Å². The largest absolute Gasteiger partial charge is 0.480 e. The number of thioether (sulfide) groups is 2. The summed E-state index contributed by atoms with van der Waals surface area (Å²) in [6, 6.07) is -4.02. The molecule has 1 heterocycles. The Kier molecular flexibility index (Phi) is 15.9. The van der Waals surface area contributed by atoms with Gasteiger partial charge in [-0.05, 0) is 49.7 Å². The Labute approximate surface area is 230 Å². The zero-order valence-corrected chi connectivity index (χ0v) is 23.3. The van der Waals surface area contributed by atoms with Crippen LogP contribution in [-0.4, -0.2) is 99.5 Å². The van der Waals surface area contributed by atoms with Crippen LogP contribution in [0, 0.1) is 0 Å². The van der Waals surface area contributed by atoms with Crippen molar-refractivity contribution in [3.05, 3.63) is 18.2 Å². The topological polar surface area (TPSA) is 244 Å². The molecule has 38 heavy (non-hydrogen) atoms. The van der Waals surface area contributed by atoms with Gasteiger partial charge in [-0.1, -0.05) is 0 Å². The minimum Gasteiger partial charge on any atom is -0.480 e. The van der Waals surface area contributed by atoms with E-state index in [0.717, 1.165) is 0 Å². The number of aliphatic carboxylic acids is 1. The minimum absolute atomic E-state index is 0.0989. The lowest BCUT2D eigenvalue weighted by atomic mass is 10.1. The van der Waals surface area contributed by atoms with Gasteiger partial charge in [-0.3, -0.25) is 19.4 Å². The van der Waals surface area contributed by atoms with Gasteiger partial charge in [0.05, 0.1) is 12.4 Å². The fourth-order valence-electron chi connectivity index (χ4n) is 3.32. The van der Waals surface area contributed by atoms with E-state index < -0.39 is 47.9 Å². The number of amides is 3. The van der Waals surface area contributed by atoms with Crippen molar-refractivity contribution in [1.29, 1.82) is 0 Å². The van der Waals surface area contributed by atoms with Gasteiger partial charge in [0.1, 0.15) is 18.1 Å². The molecule has 1 aromatic rings. The number of carbonyl (C=O) groups excluding carboxylic acids is 3. The highest BCUT2D eigenvalue weighted by Gasteiger charge is 2.30. The van der Waals surface area contributed by atoms with Crippen molar-refractivity contribution in [3.8, 4) is 0 Å². The molecule has 0 aliphatic heterocycles. The van der Waals surface area contributed by atoms with E-state index in [-0.39, 0.29) is 31.8 Å². The number of imidazole rings is 1. The number of carbonyl (C=O) groups is 4. The first-order valence-corrected chi connectivity index (χ1v) is 14.8. The summed E-state index contributed by atoms with van der Waals surface area (Å²) in [6.45, 7) is 0.216. The molecule has 1 aromatic heterocycles. The molecule has 0 saturated heterocycles. The Hall–Kier alpha value is -2.98. The second-order valence-corrected chi connectivity index (χ2v) is 10.4. The number of hydrogen-bond acceptors (Lipinski definition) is 9. The lowest BCUT2D eigenvalue weighted by Crippen LogP contribution is -2.57. The Bertz CT molecular complexity index is 913. The second kappa shape index (κ2) is 18.3. The van der Waals surface area contributed by atoms with Gasteiger partial charge in [0, 0.05) is 24.9 Å². The molecule has 0 aliphatic carbocycles. The third-order valence-electron chi connectivity index (χ3n) is 5.38. The Balaban J connectivity index is 2.87. The van der Waals surface area contributed by atoms with E-state index in [9.17, 15) is 24.3 Å². The highest BCUT2D eigenvalue weighted by atomic mass is 32.2. The van der Waals surface area contributed by atoms with Crippen molar-refractivity contribution in [2.45, 2.75) is 56.3 Å². The maximum absolute atomic E-state index is 13.2. The van der Waals surface area contributed by atoms with Crippen LogP contribution in [0.2, 0.25) is 0 Å². The summed E-state index contributed by atoms with van der Waals surface area (Å²) < 4.78 is 0. The first-order valence-electron chi connectivity index (χ1n) is 12.0. The van der Waals surface area contributed by atoms with Gasteiger partial charge in [0.15, 0.2) is 5.96 Å². The van der Waals surface area contributed by atoms with Gasteiger partial charge in [0.25, 0.3) is 0 Å². The van der Waals surface area contributed by atoms with Crippen LogP contribution < -0.4 is 33.2 Å². The van der Waals surface area contributed by atoms with Crippen molar-refractivity contribution in [2.75, 3.05) is 30.6 Å². The van der Waals surface area contributed by atoms with Gasteiger partial charge < -0.3 is 43.2 Å². The van der Waals surface area contributed by atoms with Gasteiger partial charge in [-0.15, -0.1) is 0 Å². The highest BCUT2D eigenvalue weighted by Crippen LogP contribution is 2.07. The van der Waals surface area contributed by atoms with Crippen LogP contribution >= 0.6 is 23.5 Å². The van der Waals surface area contributed by atoms with Crippen molar-refractivity contribution < 1.29 is 24.3 Å². The lowest BCUT2D eigenvalue weighted by Gasteiger charge is -2.25. The minimum atomic E-state index is -1.21. The van der Waals surface area contributed by atoms with Gasteiger partial charge in [-0.2, -0.15) is 23.5 Å². The van der Waals surface area contributed by atoms with E-state index in [1.807, 2.05) is 12.5 Å². The number of aromatic amines is 1. The molecule has 1 rings (SSSR count). The number of nitrogens with zero attached hydrogens (tertiary/aromatic N) is 2. The van der Waals surface area contributed by atoms with Crippen LogP contribution in [-0.2, 0) is 25.6 Å². The predicted octanol–water partition coefficient (Wildman–Crippen LogP) is -1.62. The molecule has 14 nitrogen and oxygen atoms in total. The molecule has 0 saturated carbocycles. The fourth-order valence-corrected chi connectivity index (χ4v) is 4.26. The number of carboxylic acids is 1. The number of rotatable bonds is 19. The molecule has 4 atom stereocenters. The summed E-state index contributed by atoms with van der Waals surface area (Å²) in [7, 11) is 0. The lowest BCUT2D eigenvalue weighted by molar-refractivity contribution is -0.142. The summed E-state index contributed by atoms with van der Waals surface area (Å²) in [4.78, 5) is 61.1. The molecule has 214 valence electrons. The average Bonchev–Trinajstić information content (AvgIpc) is 3.38. The second-order valence-electron chi connectivity index (χ2n) is 8.42. The first-order chi connectivity index (χ1) is 18.1. The standard InChI is InChI=1S/C22H39N9O5S2/c1-37-8-5-15(29-18(32)14(23)10-13-11-26-12-28-13)19(33)30-16(6-9-38-2)20(34)31-17(21(35)36)4-3-7-27-22(24)25/h11-12,14-17H,3-10,23H2,1-2H3,(H,26,28)(H,29,32)(H,30,33)(H,31,34)(H,35,36)(H4,24,25,27)/t14-,15-,16-,17-/m0/s1. The third-order valence-corrected chi connectivity index (χ3v) is 6.67. The summed E-state index contributed by atoms with van der Waals surface area (Å²) in [5, 5.41) is 17.4. The quantitative estimate of drug-likeness (QED) is 0.0531. The molecule has 0 fully saturated rings. The van der Waals surface area contributed by atoms with E-state index in [2.05, 4.69) is 30.9 Å². The number of carboxylic acid groups (broad SMARTS) is 1. The number of nitrogens with two attached hydrogens (primary N) is 3. The Morgan fingerprint density at radius 2 is 1.53 bits per heavy atom. The van der Waals surface area contributed by atoms with E-state index in [4.69, 9.17) is 17.2 Å². The third kappa shape index (κ3) is 13.0. The monoisotopic (exact) mass is 573 g/mol. The molecule has 0 radical (unpaired) electrons. The maximum Gasteiger partial charge on any atom is 0.326 e. The normalized spacial score (nSPS) is 14.0. The maximum atomic E-state index is 13.2. The average molecular weight is 574 g/mol. The van der Waals surface area contributed by atoms with Crippen molar-refractivity contribution in [3.63, 3.8) is 0 Å². The van der Waals surface area contributed by atoms with E-state index in [0.29, 0.717) is 30.0 Å². The molecule has 0 aliphatic rings. The van der Waals surface area contributed by atoms with E-state index >= 15 is 0 Å². The smallest absolute Gasteiger partial charge is 0.326 e. The van der Waals surface area contributed by atoms with E-state index in [1.54, 1.807) is 6.20 Å². The molecule has 0 aromatic carbocycles. The zero-order chi connectivity index (χ0) is 28.5. The number of aromatic nitrogens is 2. The summed E-state index contributed by atoms with van der Waals surface area (Å²) >= 11 is 2.97. The van der Waals surface area contributed by atoms with Crippen LogP contribution in [0.5, 0.6) is 0 Å². The van der Waals surface area contributed by atoms with Crippen molar-refractivity contribution in [2.24, 2.45) is 22.2 Å². The number of guanidine groups is 1. The Morgan fingerprint density at radius 3 is 2.00 bits per heavy atom. The summed E-state index contributed by atoms with van der Waals surface area (Å²) in [5.41, 5.74) is 17.2. The zero-order valence-electron chi connectivity index (χ0n) is 21.6. The van der Waals surface area contributed by atoms with Crippen LogP contribution in [0.3, 0.4) is 0 Å². The van der Waals surface area contributed by atoms with Crippen LogP contribution in [0.25, 0.3) is 0 Å². The van der Waals surface area contributed by atoms with Gasteiger partial charge in [0.2, 0.25) is 17.7 Å². The van der Waals surface area contributed by atoms with Crippen LogP contribution in [0.15, 0.2) is 17.5 Å². The molecule has 0 spiro atoms. The number of hydrogen-bond donors (Lipinski definition) is 8. The van der Waals surface area contributed by atoms with Crippen molar-refractivity contribution >= 4 is 53.2 Å². The predicted molar refractivity (Wildman–Crippen MR) is 150 cm³/mol. The van der Waals surface area contributed by atoms with Crippen molar-refractivity contribution in [1.82, 2.24) is 25.9 Å². The number of nitrogens with one attached hydrogen (secondary N) is 4.